The summed E-state index contributed by atoms with van der Waals surface area (Å²) < 4.78 is 5.57. The van der Waals surface area contributed by atoms with Crippen molar-refractivity contribution in [1.29, 1.82) is 0 Å². The molecule has 0 spiro atoms. The van der Waals surface area contributed by atoms with Crippen molar-refractivity contribution in [2.45, 2.75) is 32.1 Å². The highest BCUT2D eigenvalue weighted by Crippen LogP contribution is 2.40. The molecular weight excluding hydrogens is 350 g/mol. The molecule has 0 unspecified atom stereocenters. The molecule has 2 aromatic carbocycles. The number of hydrogen-bond acceptors (Lipinski definition) is 4. The number of benzene rings is 2. The van der Waals surface area contributed by atoms with Crippen LogP contribution in [0, 0.1) is 0 Å². The third-order valence-electron chi connectivity index (χ3n) is 4.71. The van der Waals surface area contributed by atoms with E-state index >= 15 is 0 Å². The van der Waals surface area contributed by atoms with Gasteiger partial charge in [-0.05, 0) is 61.2 Å². The van der Waals surface area contributed by atoms with Crippen LogP contribution in [-0.4, -0.2) is 23.7 Å². The summed E-state index contributed by atoms with van der Waals surface area (Å²) in [6, 6.07) is 17.3. The number of rotatable bonds is 7. The van der Waals surface area contributed by atoms with Gasteiger partial charge in [-0.25, -0.2) is 5.43 Å². The standard InChI is InChI=1S/C23H23N3O2/c1-2-13-28-18-11-7-16(8-12-18)15-24-26-23(27)20-14-22(17-9-10-17)25-21-6-4-3-5-19(20)21/h3-8,11-12,14-15,17H,2,9-10,13H2,1H3,(H,26,27)/b24-15+. The zero-order valence-electron chi connectivity index (χ0n) is 15.9. The van der Waals surface area contributed by atoms with Crippen molar-refractivity contribution in [3.8, 4) is 5.75 Å². The van der Waals surface area contributed by atoms with Crippen molar-refractivity contribution < 1.29 is 9.53 Å². The number of amides is 1. The normalized spacial score (nSPS) is 13.8. The number of para-hydroxylation sites is 1. The van der Waals surface area contributed by atoms with Gasteiger partial charge in [-0.3, -0.25) is 9.78 Å². The molecule has 1 heterocycles. The SMILES string of the molecule is CCCOc1ccc(/C=N/NC(=O)c2cc(C3CC3)nc3ccccc23)cc1. The van der Waals surface area contributed by atoms with Gasteiger partial charge in [0.05, 0.1) is 23.9 Å². The Kier molecular flexibility index (Phi) is 5.33. The third kappa shape index (κ3) is 4.19. The molecule has 0 bridgehead atoms. The molecule has 1 aliphatic rings. The fourth-order valence-corrected chi connectivity index (χ4v) is 3.07. The predicted molar refractivity (Wildman–Crippen MR) is 111 cm³/mol. The summed E-state index contributed by atoms with van der Waals surface area (Å²) in [5.74, 6) is 1.09. The van der Waals surface area contributed by atoms with Crippen LogP contribution >= 0.6 is 0 Å². The number of fused-ring (bicyclic) bond motifs is 1. The summed E-state index contributed by atoms with van der Waals surface area (Å²) in [5.41, 5.74) is 6.00. The van der Waals surface area contributed by atoms with Gasteiger partial charge in [0.15, 0.2) is 0 Å². The number of hydrazone groups is 1. The van der Waals surface area contributed by atoms with Crippen molar-refractivity contribution >= 4 is 23.0 Å². The predicted octanol–water partition coefficient (Wildman–Crippen LogP) is 4.66. The minimum absolute atomic E-state index is 0.223. The number of aromatic nitrogens is 1. The Balaban J connectivity index is 1.48. The summed E-state index contributed by atoms with van der Waals surface area (Å²) in [5, 5.41) is 4.97. The van der Waals surface area contributed by atoms with Crippen LogP contribution in [-0.2, 0) is 0 Å². The fourth-order valence-electron chi connectivity index (χ4n) is 3.07. The lowest BCUT2D eigenvalue weighted by atomic mass is 10.1. The van der Waals surface area contributed by atoms with Crippen LogP contribution in [0.25, 0.3) is 10.9 Å². The maximum absolute atomic E-state index is 12.7. The number of pyridine rings is 1. The molecule has 5 heteroatoms. The van der Waals surface area contributed by atoms with E-state index < -0.39 is 0 Å². The number of hydrogen-bond donors (Lipinski definition) is 1. The first-order chi connectivity index (χ1) is 13.7. The van der Waals surface area contributed by atoms with E-state index in [2.05, 4.69) is 17.5 Å². The van der Waals surface area contributed by atoms with Crippen LogP contribution in [0.15, 0.2) is 59.7 Å². The molecule has 1 aromatic heterocycles. The summed E-state index contributed by atoms with van der Waals surface area (Å²) >= 11 is 0. The highest BCUT2D eigenvalue weighted by Gasteiger charge is 2.26. The number of ether oxygens (including phenoxy) is 1. The lowest BCUT2D eigenvalue weighted by Gasteiger charge is -2.08. The zero-order chi connectivity index (χ0) is 19.3. The molecule has 5 nitrogen and oxygen atoms in total. The molecule has 1 amide bonds. The summed E-state index contributed by atoms with van der Waals surface area (Å²) in [4.78, 5) is 17.5. The molecule has 142 valence electrons. The first kappa shape index (κ1) is 18.2. The third-order valence-corrected chi connectivity index (χ3v) is 4.71. The molecule has 1 saturated carbocycles. The van der Waals surface area contributed by atoms with Crippen molar-refractivity contribution in [2.75, 3.05) is 6.61 Å². The number of carbonyl (C=O) groups excluding carboxylic acids is 1. The molecule has 1 N–H and O–H groups in total. The molecule has 0 radical (unpaired) electrons. The summed E-state index contributed by atoms with van der Waals surface area (Å²) in [6.07, 6.45) is 4.89. The van der Waals surface area contributed by atoms with Crippen LogP contribution in [0.1, 0.15) is 53.7 Å². The molecule has 1 fully saturated rings. The molecule has 28 heavy (non-hydrogen) atoms. The monoisotopic (exact) mass is 373 g/mol. The van der Waals surface area contributed by atoms with Gasteiger partial charge in [0.25, 0.3) is 5.91 Å². The molecular formula is C23H23N3O2. The number of nitrogens with one attached hydrogen (secondary N) is 1. The molecule has 4 rings (SSSR count). The lowest BCUT2D eigenvalue weighted by molar-refractivity contribution is 0.0956. The van der Waals surface area contributed by atoms with E-state index in [-0.39, 0.29) is 5.91 Å². The average molecular weight is 373 g/mol. The van der Waals surface area contributed by atoms with Gasteiger partial charge in [0, 0.05) is 17.0 Å². The Bertz CT molecular complexity index is 1010. The maximum Gasteiger partial charge on any atom is 0.272 e. The second-order valence-electron chi connectivity index (χ2n) is 7.00. The van der Waals surface area contributed by atoms with Crippen molar-refractivity contribution in [1.82, 2.24) is 10.4 Å². The van der Waals surface area contributed by atoms with Crippen molar-refractivity contribution in [2.24, 2.45) is 5.10 Å². The topological polar surface area (TPSA) is 63.6 Å². The van der Waals surface area contributed by atoms with E-state index in [4.69, 9.17) is 9.72 Å². The van der Waals surface area contributed by atoms with Gasteiger partial charge in [0.1, 0.15) is 5.75 Å². The van der Waals surface area contributed by atoms with E-state index in [1.54, 1.807) is 6.21 Å². The lowest BCUT2D eigenvalue weighted by Crippen LogP contribution is -2.18. The van der Waals surface area contributed by atoms with Crippen LogP contribution in [0.5, 0.6) is 5.75 Å². The summed E-state index contributed by atoms with van der Waals surface area (Å²) in [7, 11) is 0. The molecule has 0 aliphatic heterocycles. The smallest absolute Gasteiger partial charge is 0.272 e. The van der Waals surface area contributed by atoms with E-state index in [0.29, 0.717) is 18.1 Å². The van der Waals surface area contributed by atoms with Gasteiger partial charge in [-0.2, -0.15) is 5.10 Å². The number of carbonyl (C=O) groups is 1. The largest absolute Gasteiger partial charge is 0.494 e. The van der Waals surface area contributed by atoms with Gasteiger partial charge in [-0.1, -0.05) is 25.1 Å². The maximum atomic E-state index is 12.7. The molecule has 0 atom stereocenters. The minimum atomic E-state index is -0.223. The quantitative estimate of drug-likeness (QED) is 0.484. The van der Waals surface area contributed by atoms with Gasteiger partial charge < -0.3 is 4.74 Å². The Labute approximate surface area is 164 Å². The van der Waals surface area contributed by atoms with E-state index in [9.17, 15) is 4.79 Å². The van der Waals surface area contributed by atoms with Gasteiger partial charge in [0.2, 0.25) is 0 Å². The fraction of sp³-hybridized carbons (Fsp3) is 0.261. The molecule has 0 saturated heterocycles. The van der Waals surface area contributed by atoms with Crippen LogP contribution < -0.4 is 10.2 Å². The van der Waals surface area contributed by atoms with Gasteiger partial charge in [-0.15, -0.1) is 0 Å². The highest BCUT2D eigenvalue weighted by molar-refractivity contribution is 6.06. The Morgan fingerprint density at radius 3 is 2.75 bits per heavy atom. The number of nitrogens with zero attached hydrogens (tertiary/aromatic N) is 2. The minimum Gasteiger partial charge on any atom is -0.494 e. The zero-order valence-corrected chi connectivity index (χ0v) is 15.9. The summed E-state index contributed by atoms with van der Waals surface area (Å²) in [6.45, 7) is 2.77. The molecule has 1 aliphatic carbocycles. The first-order valence-corrected chi connectivity index (χ1v) is 9.70. The van der Waals surface area contributed by atoms with E-state index in [1.165, 1.54) is 0 Å². The second kappa shape index (κ2) is 8.21. The van der Waals surface area contributed by atoms with Crippen molar-refractivity contribution in [3.63, 3.8) is 0 Å². The van der Waals surface area contributed by atoms with Crippen LogP contribution in [0.3, 0.4) is 0 Å². The average Bonchev–Trinajstić information content (AvgIpc) is 3.57. The Hall–Kier alpha value is -3.21. The first-order valence-electron chi connectivity index (χ1n) is 9.70. The second-order valence-corrected chi connectivity index (χ2v) is 7.00. The van der Waals surface area contributed by atoms with E-state index in [1.807, 2.05) is 54.6 Å². The van der Waals surface area contributed by atoms with Crippen molar-refractivity contribution in [3.05, 3.63) is 71.4 Å². The van der Waals surface area contributed by atoms with Crippen LogP contribution in [0.4, 0.5) is 0 Å². The van der Waals surface area contributed by atoms with E-state index in [0.717, 1.165) is 47.2 Å². The van der Waals surface area contributed by atoms with Gasteiger partial charge >= 0.3 is 0 Å². The highest BCUT2D eigenvalue weighted by atomic mass is 16.5. The molecule has 3 aromatic rings. The van der Waals surface area contributed by atoms with Crippen LogP contribution in [0.2, 0.25) is 0 Å². The Morgan fingerprint density at radius 2 is 2.00 bits per heavy atom. The Morgan fingerprint density at radius 1 is 1.21 bits per heavy atom.